The summed E-state index contributed by atoms with van der Waals surface area (Å²) in [5, 5.41) is 5.07. The molecule has 2 aromatic rings. The fourth-order valence-corrected chi connectivity index (χ4v) is 4.26. The van der Waals surface area contributed by atoms with Crippen LogP contribution >= 0.6 is 11.3 Å². The SMILES string of the molecule is Cc1ccccc1C(NC1CC1)c1nc2c(s1)CCC2. The molecule has 1 unspecified atom stereocenters. The van der Waals surface area contributed by atoms with Crippen molar-refractivity contribution in [3.8, 4) is 0 Å². The Bertz CT molecular complexity index is 606. The molecule has 1 aromatic heterocycles. The number of thiazole rings is 1. The lowest BCUT2D eigenvalue weighted by Gasteiger charge is -2.19. The molecule has 1 heterocycles. The Balaban J connectivity index is 1.72. The highest BCUT2D eigenvalue weighted by Crippen LogP contribution is 2.36. The van der Waals surface area contributed by atoms with Gasteiger partial charge in [0.2, 0.25) is 0 Å². The monoisotopic (exact) mass is 284 g/mol. The number of hydrogen-bond acceptors (Lipinski definition) is 3. The van der Waals surface area contributed by atoms with E-state index in [0.29, 0.717) is 12.1 Å². The van der Waals surface area contributed by atoms with Gasteiger partial charge in [-0.15, -0.1) is 11.3 Å². The molecule has 1 atom stereocenters. The van der Waals surface area contributed by atoms with E-state index in [1.807, 2.05) is 11.3 Å². The van der Waals surface area contributed by atoms with Crippen LogP contribution in [0.2, 0.25) is 0 Å². The third-order valence-corrected chi connectivity index (χ3v) is 5.56. The molecule has 0 radical (unpaired) electrons. The maximum Gasteiger partial charge on any atom is 0.115 e. The van der Waals surface area contributed by atoms with Crippen LogP contribution in [0.15, 0.2) is 24.3 Å². The highest BCUT2D eigenvalue weighted by atomic mass is 32.1. The number of fused-ring (bicyclic) bond motifs is 1. The molecule has 0 amide bonds. The number of aromatic nitrogens is 1. The second kappa shape index (κ2) is 4.97. The fourth-order valence-electron chi connectivity index (χ4n) is 3.02. The molecule has 1 saturated carbocycles. The van der Waals surface area contributed by atoms with Gasteiger partial charge in [-0.2, -0.15) is 0 Å². The third-order valence-electron chi connectivity index (χ3n) is 4.34. The Labute approximate surface area is 124 Å². The molecule has 1 aromatic carbocycles. The summed E-state index contributed by atoms with van der Waals surface area (Å²) >= 11 is 1.93. The van der Waals surface area contributed by atoms with Gasteiger partial charge in [0.1, 0.15) is 5.01 Å². The van der Waals surface area contributed by atoms with Gasteiger partial charge in [-0.05, 0) is 50.2 Å². The molecule has 0 aliphatic heterocycles. The van der Waals surface area contributed by atoms with Crippen LogP contribution in [0.25, 0.3) is 0 Å². The normalized spacial score (nSPS) is 19.1. The van der Waals surface area contributed by atoms with E-state index >= 15 is 0 Å². The van der Waals surface area contributed by atoms with Gasteiger partial charge in [-0.25, -0.2) is 4.98 Å². The summed E-state index contributed by atoms with van der Waals surface area (Å²) in [4.78, 5) is 6.47. The second-order valence-corrected chi connectivity index (χ2v) is 7.12. The second-order valence-electron chi connectivity index (χ2n) is 6.01. The van der Waals surface area contributed by atoms with Gasteiger partial charge in [0.05, 0.1) is 11.7 Å². The zero-order valence-corrected chi connectivity index (χ0v) is 12.7. The topological polar surface area (TPSA) is 24.9 Å². The summed E-state index contributed by atoms with van der Waals surface area (Å²) in [5.74, 6) is 0. The van der Waals surface area contributed by atoms with Crippen molar-refractivity contribution in [2.75, 3.05) is 0 Å². The molecule has 2 nitrogen and oxygen atoms in total. The zero-order chi connectivity index (χ0) is 13.5. The Kier molecular flexibility index (Phi) is 3.12. The van der Waals surface area contributed by atoms with Crippen LogP contribution in [-0.4, -0.2) is 11.0 Å². The number of aryl methyl sites for hydroxylation is 3. The first-order valence-electron chi connectivity index (χ1n) is 7.61. The van der Waals surface area contributed by atoms with Crippen LogP contribution in [0.3, 0.4) is 0 Å². The van der Waals surface area contributed by atoms with Gasteiger partial charge in [0.15, 0.2) is 0 Å². The minimum atomic E-state index is 0.291. The largest absolute Gasteiger partial charge is 0.301 e. The van der Waals surface area contributed by atoms with Crippen molar-refractivity contribution < 1.29 is 0 Å². The molecule has 0 saturated heterocycles. The molecule has 0 bridgehead atoms. The molecule has 104 valence electrons. The summed E-state index contributed by atoms with van der Waals surface area (Å²) in [5.41, 5.74) is 4.12. The van der Waals surface area contributed by atoms with Gasteiger partial charge in [0.25, 0.3) is 0 Å². The summed E-state index contributed by atoms with van der Waals surface area (Å²) in [6, 6.07) is 9.71. The van der Waals surface area contributed by atoms with Gasteiger partial charge in [0, 0.05) is 10.9 Å². The lowest BCUT2D eigenvalue weighted by Crippen LogP contribution is -2.25. The molecule has 1 N–H and O–H groups in total. The van der Waals surface area contributed by atoms with Crippen LogP contribution < -0.4 is 5.32 Å². The summed E-state index contributed by atoms with van der Waals surface area (Å²) < 4.78 is 0. The Hall–Kier alpha value is -1.19. The summed E-state index contributed by atoms with van der Waals surface area (Å²) in [7, 11) is 0. The first kappa shape index (κ1) is 12.5. The van der Waals surface area contributed by atoms with Crippen LogP contribution in [0, 0.1) is 6.92 Å². The van der Waals surface area contributed by atoms with Crippen molar-refractivity contribution in [3.63, 3.8) is 0 Å². The van der Waals surface area contributed by atoms with Crippen LogP contribution in [0.5, 0.6) is 0 Å². The average Bonchev–Trinajstić information content (AvgIpc) is 3.01. The minimum Gasteiger partial charge on any atom is -0.301 e. The molecule has 1 fully saturated rings. The van der Waals surface area contributed by atoms with E-state index in [0.717, 1.165) is 0 Å². The fraction of sp³-hybridized carbons (Fsp3) is 0.471. The van der Waals surface area contributed by atoms with E-state index in [1.54, 1.807) is 0 Å². The number of nitrogens with zero attached hydrogens (tertiary/aromatic N) is 1. The van der Waals surface area contributed by atoms with Crippen LogP contribution in [0.1, 0.15) is 52.0 Å². The van der Waals surface area contributed by atoms with Crippen molar-refractivity contribution in [2.45, 2.75) is 51.1 Å². The van der Waals surface area contributed by atoms with E-state index in [4.69, 9.17) is 4.98 Å². The van der Waals surface area contributed by atoms with E-state index in [9.17, 15) is 0 Å². The quantitative estimate of drug-likeness (QED) is 0.924. The summed E-state index contributed by atoms with van der Waals surface area (Å²) in [6.07, 6.45) is 6.33. The van der Waals surface area contributed by atoms with Crippen LogP contribution in [-0.2, 0) is 12.8 Å². The van der Waals surface area contributed by atoms with E-state index in [-0.39, 0.29) is 0 Å². The maximum atomic E-state index is 4.95. The molecule has 4 rings (SSSR count). The molecule has 2 aliphatic carbocycles. The number of benzene rings is 1. The van der Waals surface area contributed by atoms with Crippen LogP contribution in [0.4, 0.5) is 0 Å². The minimum absolute atomic E-state index is 0.291. The highest BCUT2D eigenvalue weighted by molar-refractivity contribution is 7.11. The van der Waals surface area contributed by atoms with E-state index in [2.05, 4.69) is 36.5 Å². The van der Waals surface area contributed by atoms with Gasteiger partial charge >= 0.3 is 0 Å². The van der Waals surface area contributed by atoms with Gasteiger partial charge in [-0.3, -0.25) is 0 Å². The van der Waals surface area contributed by atoms with Gasteiger partial charge in [-0.1, -0.05) is 24.3 Å². The lowest BCUT2D eigenvalue weighted by molar-refractivity contribution is 0.594. The molecule has 2 aliphatic rings. The standard InChI is InChI=1S/C17H20N2S/c1-11-5-2-3-6-13(11)16(18-12-9-10-12)17-19-14-7-4-8-15(14)20-17/h2-3,5-6,12,16,18H,4,7-10H2,1H3. The van der Waals surface area contributed by atoms with Crippen molar-refractivity contribution in [1.29, 1.82) is 0 Å². The van der Waals surface area contributed by atoms with Crippen molar-refractivity contribution in [1.82, 2.24) is 10.3 Å². The first-order chi connectivity index (χ1) is 9.81. The molecule has 3 heteroatoms. The van der Waals surface area contributed by atoms with Crippen molar-refractivity contribution in [2.24, 2.45) is 0 Å². The molecular formula is C17H20N2S. The Morgan fingerprint density at radius 3 is 2.85 bits per heavy atom. The molecule has 0 spiro atoms. The Morgan fingerprint density at radius 2 is 2.10 bits per heavy atom. The number of nitrogens with one attached hydrogen (secondary N) is 1. The van der Waals surface area contributed by atoms with Crippen molar-refractivity contribution >= 4 is 11.3 Å². The highest BCUT2D eigenvalue weighted by Gasteiger charge is 2.30. The summed E-state index contributed by atoms with van der Waals surface area (Å²) in [6.45, 7) is 2.21. The van der Waals surface area contributed by atoms with E-state index in [1.165, 1.54) is 58.8 Å². The van der Waals surface area contributed by atoms with E-state index < -0.39 is 0 Å². The number of rotatable bonds is 4. The predicted octanol–water partition coefficient (Wildman–Crippen LogP) is 3.78. The van der Waals surface area contributed by atoms with Gasteiger partial charge < -0.3 is 5.32 Å². The molecular weight excluding hydrogens is 264 g/mol. The lowest BCUT2D eigenvalue weighted by atomic mass is 10.0. The smallest absolute Gasteiger partial charge is 0.115 e. The Morgan fingerprint density at radius 1 is 1.25 bits per heavy atom. The first-order valence-corrected chi connectivity index (χ1v) is 8.43. The predicted molar refractivity (Wildman–Crippen MR) is 83.3 cm³/mol. The van der Waals surface area contributed by atoms with Crippen molar-refractivity contribution in [3.05, 3.63) is 51.0 Å². The third kappa shape index (κ3) is 2.29. The zero-order valence-electron chi connectivity index (χ0n) is 11.9. The maximum absolute atomic E-state index is 4.95. The average molecular weight is 284 g/mol. The molecule has 20 heavy (non-hydrogen) atoms. The number of hydrogen-bond donors (Lipinski definition) is 1.